The highest BCUT2D eigenvalue weighted by molar-refractivity contribution is 7.89. The van der Waals surface area contributed by atoms with Crippen molar-refractivity contribution in [2.45, 2.75) is 24.8 Å². The predicted octanol–water partition coefficient (Wildman–Crippen LogP) is 2.23. The van der Waals surface area contributed by atoms with Crippen LogP contribution in [0.2, 0.25) is 0 Å². The maximum atomic E-state index is 12.2. The summed E-state index contributed by atoms with van der Waals surface area (Å²) < 4.78 is 31.9. The van der Waals surface area contributed by atoms with Crippen LogP contribution in [-0.2, 0) is 24.3 Å². The molecule has 0 heterocycles. The second kappa shape index (κ2) is 8.59. The van der Waals surface area contributed by atoms with Gasteiger partial charge in [-0.15, -0.1) is 0 Å². The third-order valence-electron chi connectivity index (χ3n) is 3.47. The SMILES string of the molecule is CC(=O)Nc1ccc(S(=O)(=O)NCC(=O)O[C@H](C)c2ccccc2)cc1. The highest BCUT2D eigenvalue weighted by Gasteiger charge is 2.18. The van der Waals surface area contributed by atoms with Gasteiger partial charge in [-0.2, -0.15) is 4.72 Å². The molecule has 2 aromatic rings. The summed E-state index contributed by atoms with van der Waals surface area (Å²) in [6.45, 7) is 2.59. The average molecular weight is 376 g/mol. The molecule has 138 valence electrons. The number of carbonyl (C=O) groups excluding carboxylic acids is 2. The number of benzene rings is 2. The van der Waals surface area contributed by atoms with Crippen LogP contribution < -0.4 is 10.0 Å². The molecule has 0 saturated carbocycles. The molecule has 2 N–H and O–H groups in total. The number of nitrogens with one attached hydrogen (secondary N) is 2. The predicted molar refractivity (Wildman–Crippen MR) is 96.9 cm³/mol. The Morgan fingerprint density at radius 2 is 1.65 bits per heavy atom. The molecule has 0 unspecified atom stereocenters. The quantitative estimate of drug-likeness (QED) is 0.722. The van der Waals surface area contributed by atoms with Gasteiger partial charge in [0.25, 0.3) is 0 Å². The second-order valence-electron chi connectivity index (χ2n) is 5.57. The molecule has 0 radical (unpaired) electrons. The van der Waals surface area contributed by atoms with Crippen LogP contribution in [0.1, 0.15) is 25.5 Å². The zero-order valence-corrected chi connectivity index (χ0v) is 15.2. The van der Waals surface area contributed by atoms with Crippen LogP contribution >= 0.6 is 0 Å². The van der Waals surface area contributed by atoms with Gasteiger partial charge in [0, 0.05) is 12.6 Å². The van der Waals surface area contributed by atoms with Crippen LogP contribution in [0.5, 0.6) is 0 Å². The van der Waals surface area contributed by atoms with Crippen molar-refractivity contribution >= 4 is 27.6 Å². The number of anilines is 1. The largest absolute Gasteiger partial charge is 0.457 e. The molecule has 26 heavy (non-hydrogen) atoms. The van der Waals surface area contributed by atoms with E-state index in [0.29, 0.717) is 5.69 Å². The van der Waals surface area contributed by atoms with Crippen molar-refractivity contribution in [3.05, 3.63) is 60.2 Å². The van der Waals surface area contributed by atoms with Gasteiger partial charge in [0.05, 0.1) is 4.90 Å². The van der Waals surface area contributed by atoms with Crippen molar-refractivity contribution in [1.29, 1.82) is 0 Å². The zero-order chi connectivity index (χ0) is 19.2. The van der Waals surface area contributed by atoms with Gasteiger partial charge in [0.1, 0.15) is 12.6 Å². The Morgan fingerprint density at radius 3 is 2.23 bits per heavy atom. The summed E-state index contributed by atoms with van der Waals surface area (Å²) in [4.78, 5) is 22.8. The van der Waals surface area contributed by atoms with E-state index in [0.717, 1.165) is 5.56 Å². The van der Waals surface area contributed by atoms with Gasteiger partial charge >= 0.3 is 5.97 Å². The Hall–Kier alpha value is -2.71. The van der Waals surface area contributed by atoms with E-state index in [1.165, 1.54) is 31.2 Å². The second-order valence-corrected chi connectivity index (χ2v) is 7.34. The molecule has 0 saturated heterocycles. The van der Waals surface area contributed by atoms with E-state index in [9.17, 15) is 18.0 Å². The van der Waals surface area contributed by atoms with Gasteiger partial charge < -0.3 is 10.1 Å². The van der Waals surface area contributed by atoms with E-state index in [1.54, 1.807) is 6.92 Å². The maximum absolute atomic E-state index is 12.2. The standard InChI is InChI=1S/C18H20N2O5S/c1-13(15-6-4-3-5-7-15)25-18(22)12-19-26(23,24)17-10-8-16(9-11-17)20-14(2)21/h3-11,13,19H,12H2,1-2H3,(H,20,21)/t13-/m1/s1. The Balaban J connectivity index is 1.92. The van der Waals surface area contributed by atoms with Crippen molar-refractivity contribution in [3.8, 4) is 0 Å². The van der Waals surface area contributed by atoms with Crippen LogP contribution in [-0.4, -0.2) is 26.8 Å². The topological polar surface area (TPSA) is 102 Å². The van der Waals surface area contributed by atoms with Gasteiger partial charge in [-0.3, -0.25) is 9.59 Å². The minimum atomic E-state index is -3.86. The Labute approximate surface area is 152 Å². The summed E-state index contributed by atoms with van der Waals surface area (Å²) in [6.07, 6.45) is -0.481. The average Bonchev–Trinajstić information content (AvgIpc) is 2.61. The first kappa shape index (κ1) is 19.6. The Bertz CT molecular complexity index is 864. The molecule has 1 atom stereocenters. The number of hydrogen-bond acceptors (Lipinski definition) is 5. The van der Waals surface area contributed by atoms with E-state index < -0.39 is 28.6 Å². The molecule has 7 nitrogen and oxygen atoms in total. The van der Waals surface area contributed by atoms with Gasteiger partial charge in [0.2, 0.25) is 15.9 Å². The van der Waals surface area contributed by atoms with Crippen molar-refractivity contribution in [3.63, 3.8) is 0 Å². The molecule has 0 fully saturated rings. The summed E-state index contributed by atoms with van der Waals surface area (Å²) in [7, 11) is -3.86. The van der Waals surface area contributed by atoms with E-state index in [2.05, 4.69) is 10.0 Å². The van der Waals surface area contributed by atoms with Crippen molar-refractivity contribution < 1.29 is 22.7 Å². The van der Waals surface area contributed by atoms with Gasteiger partial charge in [-0.05, 0) is 36.8 Å². The summed E-state index contributed by atoms with van der Waals surface area (Å²) in [6, 6.07) is 14.7. The molecule has 0 aromatic heterocycles. The number of carbonyl (C=O) groups is 2. The Morgan fingerprint density at radius 1 is 1.04 bits per heavy atom. The Kier molecular flexibility index (Phi) is 6.48. The van der Waals surface area contributed by atoms with Crippen LogP contribution in [0.4, 0.5) is 5.69 Å². The normalized spacial score (nSPS) is 12.2. The third kappa shape index (κ3) is 5.68. The molecule has 0 aliphatic heterocycles. The van der Waals surface area contributed by atoms with Gasteiger partial charge in [-0.25, -0.2) is 8.42 Å². The van der Waals surface area contributed by atoms with Gasteiger partial charge in [0.15, 0.2) is 0 Å². The first-order chi connectivity index (χ1) is 12.3. The summed E-state index contributed by atoms with van der Waals surface area (Å²) in [5.74, 6) is -0.936. The van der Waals surface area contributed by atoms with Gasteiger partial charge in [-0.1, -0.05) is 30.3 Å². The number of rotatable bonds is 7. The smallest absolute Gasteiger partial charge is 0.321 e. The first-order valence-corrected chi connectivity index (χ1v) is 9.38. The molecule has 0 spiro atoms. The van der Waals surface area contributed by atoms with E-state index >= 15 is 0 Å². The number of ether oxygens (including phenoxy) is 1. The molecule has 2 rings (SSSR count). The van der Waals surface area contributed by atoms with Crippen molar-refractivity contribution in [2.24, 2.45) is 0 Å². The lowest BCUT2D eigenvalue weighted by Gasteiger charge is -2.14. The maximum Gasteiger partial charge on any atom is 0.321 e. The molecular formula is C18H20N2O5S. The summed E-state index contributed by atoms with van der Waals surface area (Å²) >= 11 is 0. The van der Waals surface area contributed by atoms with E-state index in [1.807, 2.05) is 30.3 Å². The fourth-order valence-electron chi connectivity index (χ4n) is 2.19. The fraction of sp³-hybridized carbons (Fsp3) is 0.222. The minimum absolute atomic E-state index is 0.0180. The number of sulfonamides is 1. The monoisotopic (exact) mass is 376 g/mol. The molecule has 8 heteroatoms. The number of amides is 1. The molecular weight excluding hydrogens is 356 g/mol. The summed E-state index contributed by atoms with van der Waals surface area (Å²) in [5, 5.41) is 2.54. The van der Waals surface area contributed by atoms with E-state index in [-0.39, 0.29) is 10.8 Å². The lowest BCUT2D eigenvalue weighted by Crippen LogP contribution is -2.31. The zero-order valence-electron chi connectivity index (χ0n) is 14.4. The van der Waals surface area contributed by atoms with E-state index in [4.69, 9.17) is 4.74 Å². The minimum Gasteiger partial charge on any atom is -0.457 e. The van der Waals surface area contributed by atoms with Crippen LogP contribution in [0.3, 0.4) is 0 Å². The van der Waals surface area contributed by atoms with Crippen LogP contribution in [0.25, 0.3) is 0 Å². The molecule has 1 amide bonds. The molecule has 0 aliphatic rings. The number of hydrogen-bond donors (Lipinski definition) is 2. The van der Waals surface area contributed by atoms with Crippen molar-refractivity contribution in [2.75, 3.05) is 11.9 Å². The lowest BCUT2D eigenvalue weighted by atomic mass is 10.1. The third-order valence-corrected chi connectivity index (χ3v) is 4.89. The van der Waals surface area contributed by atoms with Crippen LogP contribution in [0, 0.1) is 0 Å². The highest BCUT2D eigenvalue weighted by Crippen LogP contribution is 2.16. The lowest BCUT2D eigenvalue weighted by molar-refractivity contribution is -0.147. The molecule has 2 aromatic carbocycles. The molecule has 0 aliphatic carbocycles. The summed E-state index contributed by atoms with van der Waals surface area (Å²) in [5.41, 5.74) is 1.30. The van der Waals surface area contributed by atoms with Crippen molar-refractivity contribution in [1.82, 2.24) is 4.72 Å². The molecule has 0 bridgehead atoms. The number of esters is 1. The fourth-order valence-corrected chi connectivity index (χ4v) is 3.16. The highest BCUT2D eigenvalue weighted by atomic mass is 32.2. The first-order valence-electron chi connectivity index (χ1n) is 7.89. The van der Waals surface area contributed by atoms with Crippen LogP contribution in [0.15, 0.2) is 59.5 Å².